The van der Waals surface area contributed by atoms with Crippen molar-refractivity contribution in [3.05, 3.63) is 38.7 Å². The Morgan fingerprint density at radius 2 is 2.13 bits per heavy atom. The van der Waals surface area contributed by atoms with Crippen molar-refractivity contribution in [2.45, 2.75) is 41.3 Å². The van der Waals surface area contributed by atoms with Crippen molar-refractivity contribution in [1.82, 2.24) is 20.4 Å². The number of fused-ring (bicyclic) bond motifs is 1. The molecule has 0 radical (unpaired) electrons. The van der Waals surface area contributed by atoms with E-state index in [1.54, 1.807) is 0 Å². The summed E-state index contributed by atoms with van der Waals surface area (Å²) >= 11 is 5.76. The largest absolute Gasteiger partial charge is 1.00 e. The second kappa shape index (κ2) is 10.4. The summed E-state index contributed by atoms with van der Waals surface area (Å²) in [5.74, 6) is -1.69. The number of aromatic nitrogens is 2. The van der Waals surface area contributed by atoms with Gasteiger partial charge in [0, 0.05) is 15.9 Å². The molecule has 2 aliphatic heterocycles. The molecule has 1 fully saturated rings. The summed E-state index contributed by atoms with van der Waals surface area (Å²) in [4.78, 5) is 39.1. The van der Waals surface area contributed by atoms with E-state index in [4.69, 9.17) is 0 Å². The molecule has 4 heterocycles. The maximum Gasteiger partial charge on any atom is 1.00 e. The number of carbonyl (C=O) groups excluding carboxylic acids is 3. The normalized spacial score (nSPS) is 22.5. The van der Waals surface area contributed by atoms with Gasteiger partial charge in [0.15, 0.2) is 4.34 Å². The number of carboxylic acids is 1. The van der Waals surface area contributed by atoms with Crippen LogP contribution in [0.2, 0.25) is 0 Å². The Labute approximate surface area is 217 Å². The van der Waals surface area contributed by atoms with Crippen LogP contribution in [0.25, 0.3) is 0 Å². The van der Waals surface area contributed by atoms with Gasteiger partial charge in [0.05, 0.1) is 18.1 Å². The molecular formula is C18H17N4NaO4S4. The van der Waals surface area contributed by atoms with Crippen molar-refractivity contribution >= 4 is 64.0 Å². The Kier molecular flexibility index (Phi) is 8.27. The number of nitrogens with one attached hydrogen (secondary N) is 1. The van der Waals surface area contributed by atoms with Crippen LogP contribution in [0.5, 0.6) is 0 Å². The molecule has 4 rings (SSSR count). The second-order valence-electron chi connectivity index (χ2n) is 6.72. The minimum absolute atomic E-state index is 0. The number of aliphatic carboxylic acids is 1. The number of rotatable bonds is 7. The second-order valence-corrected chi connectivity index (χ2v) is 11.6. The van der Waals surface area contributed by atoms with E-state index in [2.05, 4.69) is 15.5 Å². The van der Waals surface area contributed by atoms with Crippen molar-refractivity contribution < 1.29 is 49.0 Å². The van der Waals surface area contributed by atoms with Crippen molar-refractivity contribution in [2.24, 2.45) is 0 Å². The van der Waals surface area contributed by atoms with Crippen LogP contribution in [0.3, 0.4) is 0 Å². The number of hydrogen-bond donors (Lipinski definition) is 1. The predicted octanol–water partition coefficient (Wildman–Crippen LogP) is -1.96. The van der Waals surface area contributed by atoms with Crippen LogP contribution in [0.15, 0.2) is 33.1 Å². The van der Waals surface area contributed by atoms with Gasteiger partial charge in [0.2, 0.25) is 5.91 Å². The molecule has 2 amide bonds. The molecule has 3 atom stereocenters. The first-order chi connectivity index (χ1) is 14.3. The summed E-state index contributed by atoms with van der Waals surface area (Å²) < 4.78 is 0.741. The number of amides is 2. The van der Waals surface area contributed by atoms with Gasteiger partial charge in [-0.05, 0) is 30.9 Å². The summed E-state index contributed by atoms with van der Waals surface area (Å²) in [5.41, 5.74) is 0.527. The van der Waals surface area contributed by atoms with E-state index in [0.717, 1.165) is 14.2 Å². The van der Waals surface area contributed by atoms with Crippen LogP contribution >= 0.6 is 46.2 Å². The number of hydrogen-bond acceptors (Lipinski definition) is 10. The number of thiophene rings is 1. The number of carboxylic acid groups (broad SMARTS) is 1. The number of carbonyl (C=O) groups is 3. The van der Waals surface area contributed by atoms with Crippen LogP contribution in [0.1, 0.15) is 16.8 Å². The molecule has 1 unspecified atom stereocenters. The Hall–Kier alpha value is -0.890. The minimum atomic E-state index is -1.38. The maximum absolute atomic E-state index is 12.7. The molecule has 8 nitrogen and oxygen atoms in total. The fourth-order valence-corrected chi connectivity index (χ4v) is 7.51. The van der Waals surface area contributed by atoms with E-state index in [1.165, 1.54) is 51.1 Å². The molecule has 0 bridgehead atoms. The fourth-order valence-electron chi connectivity index (χ4n) is 3.30. The third-order valence-corrected chi connectivity index (χ3v) is 9.06. The topological polar surface area (TPSA) is 115 Å². The zero-order chi connectivity index (χ0) is 21.4. The predicted molar refractivity (Wildman–Crippen MR) is 115 cm³/mol. The summed E-state index contributed by atoms with van der Waals surface area (Å²) in [6, 6.07) is 2.98. The van der Waals surface area contributed by atoms with Gasteiger partial charge >= 0.3 is 29.6 Å². The Morgan fingerprint density at radius 3 is 2.74 bits per heavy atom. The van der Waals surface area contributed by atoms with Gasteiger partial charge in [0.25, 0.3) is 5.91 Å². The molecule has 2 aliphatic rings. The minimum Gasteiger partial charge on any atom is -0.543 e. The first-order valence-electron chi connectivity index (χ1n) is 9.02. The molecule has 2 aromatic rings. The van der Waals surface area contributed by atoms with E-state index in [0.29, 0.717) is 11.3 Å². The molecule has 0 spiro atoms. The number of thioether (sulfide) groups is 2. The molecule has 0 saturated carbocycles. The molecular weight excluding hydrogens is 487 g/mol. The molecule has 0 aliphatic carbocycles. The van der Waals surface area contributed by atoms with Gasteiger partial charge in [-0.25, -0.2) is 0 Å². The molecule has 2 aromatic heterocycles. The summed E-state index contributed by atoms with van der Waals surface area (Å²) in [7, 11) is 0. The Morgan fingerprint density at radius 1 is 1.35 bits per heavy atom. The summed E-state index contributed by atoms with van der Waals surface area (Å²) in [5, 5.41) is 24.8. The zero-order valence-electron chi connectivity index (χ0n) is 17.0. The Bertz CT molecular complexity index is 1030. The molecule has 31 heavy (non-hydrogen) atoms. The number of β-lactam (4-membered cyclic amide) rings is 1. The van der Waals surface area contributed by atoms with E-state index in [9.17, 15) is 19.5 Å². The van der Waals surface area contributed by atoms with Gasteiger partial charge in [-0.3, -0.25) is 14.5 Å². The van der Waals surface area contributed by atoms with Crippen LogP contribution in [-0.2, 0) is 20.8 Å². The van der Waals surface area contributed by atoms with Crippen molar-refractivity contribution in [3.63, 3.8) is 0 Å². The van der Waals surface area contributed by atoms with E-state index in [1.807, 2.05) is 31.4 Å². The smallest absolute Gasteiger partial charge is 0.543 e. The molecule has 13 heteroatoms. The van der Waals surface area contributed by atoms with Crippen LogP contribution in [0, 0.1) is 6.92 Å². The third-order valence-electron chi connectivity index (χ3n) is 4.71. The van der Waals surface area contributed by atoms with Crippen molar-refractivity contribution in [3.8, 4) is 0 Å². The SMILES string of the molecule is Cc1nnc(SCC2=C(C(=O)[O-])N3C(=O)C(NC(=O)Cc4cccs4)[C@@H]3S[C@H]2C)s1.[Na+]. The average Bonchev–Trinajstić information content (AvgIpc) is 3.35. The quantitative estimate of drug-likeness (QED) is 0.263. The third kappa shape index (κ3) is 5.21. The molecule has 1 saturated heterocycles. The molecule has 0 aromatic carbocycles. The summed E-state index contributed by atoms with van der Waals surface area (Å²) in [6.07, 6.45) is 0.195. The number of nitrogens with zero attached hydrogens (tertiary/aromatic N) is 3. The monoisotopic (exact) mass is 504 g/mol. The van der Waals surface area contributed by atoms with E-state index >= 15 is 0 Å². The van der Waals surface area contributed by atoms with Crippen LogP contribution in [-0.4, -0.2) is 55.3 Å². The van der Waals surface area contributed by atoms with E-state index < -0.39 is 23.3 Å². The summed E-state index contributed by atoms with van der Waals surface area (Å²) in [6.45, 7) is 3.75. The number of aryl methyl sites for hydroxylation is 1. The molecule has 158 valence electrons. The van der Waals surface area contributed by atoms with Gasteiger partial charge in [0.1, 0.15) is 16.4 Å². The van der Waals surface area contributed by atoms with Gasteiger partial charge in [-0.2, -0.15) is 0 Å². The standard InChI is InChI=1S/C18H18N4O4S4.Na/c1-8-11(7-28-18-21-20-9(2)30-18)14(17(25)26)22-15(24)13(16(22)29-8)19-12(23)6-10-4-3-5-27-10;/h3-5,8,13,16H,6-7H2,1-2H3,(H,19,23)(H,25,26);/q;+1/p-1/t8-,13?,16-;/m0./s1. The zero-order valence-corrected chi connectivity index (χ0v) is 22.3. The van der Waals surface area contributed by atoms with Gasteiger partial charge in [-0.15, -0.1) is 33.3 Å². The van der Waals surface area contributed by atoms with Crippen molar-refractivity contribution in [2.75, 3.05) is 5.75 Å². The first kappa shape index (κ1) is 24.7. The maximum atomic E-state index is 12.7. The fraction of sp³-hybridized carbons (Fsp3) is 0.389. The van der Waals surface area contributed by atoms with Gasteiger partial charge < -0.3 is 15.2 Å². The van der Waals surface area contributed by atoms with Crippen LogP contribution in [0.4, 0.5) is 0 Å². The molecule has 1 N–H and O–H groups in total. The Balaban J connectivity index is 0.00000272. The average molecular weight is 505 g/mol. The van der Waals surface area contributed by atoms with Crippen LogP contribution < -0.4 is 40.0 Å². The van der Waals surface area contributed by atoms with E-state index in [-0.39, 0.29) is 52.8 Å². The first-order valence-corrected chi connectivity index (χ1v) is 12.6. The van der Waals surface area contributed by atoms with Crippen molar-refractivity contribution in [1.29, 1.82) is 0 Å². The van der Waals surface area contributed by atoms with Gasteiger partial charge in [-0.1, -0.05) is 29.2 Å².